The van der Waals surface area contributed by atoms with E-state index in [-0.39, 0.29) is 0 Å². The Morgan fingerprint density at radius 3 is 2.56 bits per heavy atom. The third kappa shape index (κ3) is 3.96. The number of hydrogen-bond donors (Lipinski definition) is 1. The van der Waals surface area contributed by atoms with Gasteiger partial charge in [-0.25, -0.2) is 8.42 Å². The molecule has 2 unspecified atom stereocenters. The zero-order valence-corrected chi connectivity index (χ0v) is 13.1. The minimum atomic E-state index is -3.12. The Kier molecular flexibility index (Phi) is 5.19. The van der Waals surface area contributed by atoms with Gasteiger partial charge in [0, 0.05) is 16.8 Å². The summed E-state index contributed by atoms with van der Waals surface area (Å²) in [4.78, 5) is 0. The van der Waals surface area contributed by atoms with Gasteiger partial charge in [-0.3, -0.25) is 0 Å². The Balaban J connectivity index is 2.91. The quantitative estimate of drug-likeness (QED) is 0.890. The van der Waals surface area contributed by atoms with E-state index in [1.54, 1.807) is 14.0 Å². The number of methoxy groups -OCH3 is 1. The number of hydrogen-bond acceptors (Lipinski definition) is 4. The summed E-state index contributed by atoms with van der Waals surface area (Å²) in [6.45, 7) is 1.63. The highest BCUT2D eigenvalue weighted by Crippen LogP contribution is 2.24. The van der Waals surface area contributed by atoms with Crippen molar-refractivity contribution >= 4 is 25.8 Å². The van der Waals surface area contributed by atoms with Gasteiger partial charge in [-0.15, -0.1) is 0 Å². The summed E-state index contributed by atoms with van der Waals surface area (Å²) in [5.41, 5.74) is 6.90. The molecule has 0 aromatic heterocycles. The molecule has 1 rings (SSSR count). The number of halogens is 1. The van der Waals surface area contributed by atoms with Crippen molar-refractivity contribution in [2.45, 2.75) is 24.6 Å². The first-order valence-corrected chi connectivity index (χ1v) is 8.27. The Bertz CT molecular complexity index is 516. The van der Waals surface area contributed by atoms with E-state index < -0.39 is 21.1 Å². The molecule has 18 heavy (non-hydrogen) atoms. The molecule has 2 N–H and O–H groups in total. The largest absolute Gasteiger partial charge is 0.497 e. The van der Waals surface area contributed by atoms with Crippen LogP contribution >= 0.6 is 15.9 Å². The first-order chi connectivity index (χ1) is 8.25. The van der Waals surface area contributed by atoms with Gasteiger partial charge in [-0.05, 0) is 37.1 Å². The molecule has 0 radical (unpaired) electrons. The van der Waals surface area contributed by atoms with E-state index in [4.69, 9.17) is 10.5 Å². The summed E-state index contributed by atoms with van der Waals surface area (Å²) >= 11 is 3.43. The third-order valence-electron chi connectivity index (χ3n) is 2.99. The molecule has 0 aliphatic carbocycles. The van der Waals surface area contributed by atoms with E-state index in [9.17, 15) is 8.42 Å². The maximum Gasteiger partial charge on any atom is 0.151 e. The van der Waals surface area contributed by atoms with Crippen LogP contribution < -0.4 is 10.5 Å². The molecule has 0 fully saturated rings. The molecular formula is C12H18BrNO3S. The molecule has 0 spiro atoms. The van der Waals surface area contributed by atoms with Gasteiger partial charge in [0.25, 0.3) is 0 Å². The first kappa shape index (κ1) is 15.5. The lowest BCUT2D eigenvalue weighted by molar-refractivity contribution is 0.414. The first-order valence-electron chi connectivity index (χ1n) is 5.52. The molecule has 102 valence electrons. The zero-order chi connectivity index (χ0) is 13.9. The van der Waals surface area contributed by atoms with Gasteiger partial charge >= 0.3 is 0 Å². The summed E-state index contributed by atoms with van der Waals surface area (Å²) in [5, 5.41) is -0.574. The second-order valence-electron chi connectivity index (χ2n) is 4.36. The smallest absolute Gasteiger partial charge is 0.151 e. The third-order valence-corrected chi connectivity index (χ3v) is 5.46. The van der Waals surface area contributed by atoms with Crippen LogP contribution in [0.3, 0.4) is 0 Å². The SMILES string of the molecule is COc1ccc(Br)c(CC(N)C(C)S(C)(=O)=O)c1. The average molecular weight is 336 g/mol. The fourth-order valence-corrected chi connectivity index (χ4v) is 2.71. The van der Waals surface area contributed by atoms with E-state index in [1.165, 1.54) is 6.26 Å². The number of rotatable bonds is 5. The minimum absolute atomic E-state index is 0.441. The van der Waals surface area contributed by atoms with E-state index in [0.717, 1.165) is 15.8 Å². The van der Waals surface area contributed by atoms with Crippen molar-refractivity contribution in [3.05, 3.63) is 28.2 Å². The minimum Gasteiger partial charge on any atom is -0.497 e. The summed E-state index contributed by atoms with van der Waals surface area (Å²) in [6.07, 6.45) is 1.68. The molecule has 1 aromatic rings. The van der Waals surface area contributed by atoms with Crippen LogP contribution in [0.5, 0.6) is 5.75 Å². The molecule has 0 aliphatic heterocycles. The van der Waals surface area contributed by atoms with Crippen LogP contribution in [0.4, 0.5) is 0 Å². The Labute approximate surface area is 117 Å². The summed E-state index contributed by atoms with van der Waals surface area (Å²) < 4.78 is 29.0. The second kappa shape index (κ2) is 6.04. The topological polar surface area (TPSA) is 69.4 Å². The zero-order valence-electron chi connectivity index (χ0n) is 10.7. The lowest BCUT2D eigenvalue weighted by Crippen LogP contribution is -2.39. The highest BCUT2D eigenvalue weighted by molar-refractivity contribution is 9.10. The lowest BCUT2D eigenvalue weighted by atomic mass is 10.0. The summed E-state index contributed by atoms with van der Waals surface area (Å²) in [6, 6.07) is 5.12. The van der Waals surface area contributed by atoms with Crippen molar-refractivity contribution in [2.24, 2.45) is 5.73 Å². The fourth-order valence-electron chi connectivity index (χ4n) is 1.57. The van der Waals surface area contributed by atoms with Gasteiger partial charge < -0.3 is 10.5 Å². The van der Waals surface area contributed by atoms with E-state index in [2.05, 4.69) is 15.9 Å². The van der Waals surface area contributed by atoms with Crippen molar-refractivity contribution in [1.82, 2.24) is 0 Å². The van der Waals surface area contributed by atoms with Crippen LogP contribution in [-0.2, 0) is 16.3 Å². The van der Waals surface area contributed by atoms with Crippen molar-refractivity contribution in [1.29, 1.82) is 0 Å². The molecule has 6 heteroatoms. The maximum absolute atomic E-state index is 11.5. The molecule has 0 heterocycles. The summed E-state index contributed by atoms with van der Waals surface area (Å²) in [7, 11) is -1.53. The van der Waals surface area contributed by atoms with Crippen LogP contribution in [0.15, 0.2) is 22.7 Å². The van der Waals surface area contributed by atoms with Crippen LogP contribution in [0.1, 0.15) is 12.5 Å². The van der Waals surface area contributed by atoms with Crippen molar-refractivity contribution in [2.75, 3.05) is 13.4 Å². The monoisotopic (exact) mass is 335 g/mol. The number of sulfone groups is 1. The van der Waals surface area contributed by atoms with Crippen LogP contribution in [-0.4, -0.2) is 33.1 Å². The molecule has 0 saturated heterocycles. The van der Waals surface area contributed by atoms with Crippen LogP contribution in [0, 0.1) is 0 Å². The van der Waals surface area contributed by atoms with Crippen molar-refractivity contribution in [3.63, 3.8) is 0 Å². The average Bonchev–Trinajstić information content (AvgIpc) is 2.29. The van der Waals surface area contributed by atoms with Crippen LogP contribution in [0.25, 0.3) is 0 Å². The van der Waals surface area contributed by atoms with Gasteiger partial charge in [0.1, 0.15) is 5.75 Å². The van der Waals surface area contributed by atoms with Crippen molar-refractivity contribution in [3.8, 4) is 5.75 Å². The predicted molar refractivity (Wildman–Crippen MR) is 76.7 cm³/mol. The second-order valence-corrected chi connectivity index (χ2v) is 7.62. The Morgan fingerprint density at radius 1 is 1.44 bits per heavy atom. The molecule has 4 nitrogen and oxygen atoms in total. The number of nitrogens with two attached hydrogens (primary N) is 1. The highest BCUT2D eigenvalue weighted by atomic mass is 79.9. The highest BCUT2D eigenvalue weighted by Gasteiger charge is 2.23. The van der Waals surface area contributed by atoms with Crippen LogP contribution in [0.2, 0.25) is 0 Å². The van der Waals surface area contributed by atoms with E-state index in [0.29, 0.717) is 6.42 Å². The predicted octanol–water partition coefficient (Wildman–Crippen LogP) is 1.76. The summed E-state index contributed by atoms with van der Waals surface area (Å²) in [5.74, 6) is 0.729. The number of ether oxygens (including phenoxy) is 1. The van der Waals surface area contributed by atoms with Gasteiger partial charge in [-0.2, -0.15) is 0 Å². The Morgan fingerprint density at radius 2 is 2.06 bits per heavy atom. The fraction of sp³-hybridized carbons (Fsp3) is 0.500. The van der Waals surface area contributed by atoms with Crippen molar-refractivity contribution < 1.29 is 13.2 Å². The molecule has 0 bridgehead atoms. The molecular weight excluding hydrogens is 318 g/mol. The molecule has 0 amide bonds. The molecule has 0 saturated carbocycles. The van der Waals surface area contributed by atoms with Gasteiger partial charge in [0.15, 0.2) is 9.84 Å². The van der Waals surface area contributed by atoms with E-state index in [1.807, 2.05) is 18.2 Å². The molecule has 1 aromatic carbocycles. The molecule has 0 aliphatic rings. The standard InChI is InChI=1S/C12H18BrNO3S/c1-8(18(3,15)16)12(14)7-9-6-10(17-2)4-5-11(9)13/h4-6,8,12H,7,14H2,1-3H3. The normalized spacial score (nSPS) is 15.2. The van der Waals surface area contributed by atoms with Gasteiger partial charge in [-0.1, -0.05) is 15.9 Å². The number of benzene rings is 1. The lowest BCUT2D eigenvalue weighted by Gasteiger charge is -2.19. The maximum atomic E-state index is 11.5. The van der Waals surface area contributed by atoms with Gasteiger partial charge in [0.2, 0.25) is 0 Å². The Hall–Kier alpha value is -0.590. The molecule has 2 atom stereocenters. The van der Waals surface area contributed by atoms with Gasteiger partial charge in [0.05, 0.1) is 12.4 Å². The van der Waals surface area contributed by atoms with E-state index >= 15 is 0 Å².